The van der Waals surface area contributed by atoms with E-state index in [1.807, 2.05) is 54.6 Å². The summed E-state index contributed by atoms with van der Waals surface area (Å²) >= 11 is 1.72. The molecule has 0 radical (unpaired) electrons. The number of thioether (sulfide) groups is 1. The highest BCUT2D eigenvalue weighted by molar-refractivity contribution is 7.99. The van der Waals surface area contributed by atoms with Crippen LogP contribution in [-0.2, 0) is 6.61 Å². The van der Waals surface area contributed by atoms with Gasteiger partial charge >= 0.3 is 0 Å². The molecule has 1 saturated heterocycles. The topological polar surface area (TPSA) is 29.5 Å². The van der Waals surface area contributed by atoms with Crippen molar-refractivity contribution in [2.75, 3.05) is 12.3 Å². The molecule has 3 nitrogen and oxygen atoms in total. The lowest BCUT2D eigenvalue weighted by atomic mass is 10.1. The summed E-state index contributed by atoms with van der Waals surface area (Å²) < 4.78 is 19.3. The number of benzene rings is 3. The maximum Gasteiger partial charge on any atom is 0.255 e. The summed E-state index contributed by atoms with van der Waals surface area (Å²) in [5, 5.41) is -0.0704. The van der Waals surface area contributed by atoms with Gasteiger partial charge in [0, 0.05) is 17.9 Å². The van der Waals surface area contributed by atoms with Crippen molar-refractivity contribution in [3.63, 3.8) is 0 Å². The lowest BCUT2D eigenvalue weighted by Gasteiger charge is -2.24. The third-order valence-electron chi connectivity index (χ3n) is 4.64. The Labute approximate surface area is 168 Å². The van der Waals surface area contributed by atoms with E-state index in [1.54, 1.807) is 28.8 Å². The Hall–Kier alpha value is -2.79. The highest BCUT2D eigenvalue weighted by atomic mass is 32.2. The first-order valence-electron chi connectivity index (χ1n) is 9.15. The van der Waals surface area contributed by atoms with Crippen LogP contribution >= 0.6 is 11.8 Å². The van der Waals surface area contributed by atoms with Crippen LogP contribution in [0.15, 0.2) is 78.9 Å². The number of nitrogens with zero attached hydrogens (tertiary/aromatic N) is 1. The molecule has 0 spiro atoms. The van der Waals surface area contributed by atoms with E-state index in [0.717, 1.165) is 22.6 Å². The first-order chi connectivity index (χ1) is 13.7. The number of hydrogen-bond donors (Lipinski definition) is 0. The van der Waals surface area contributed by atoms with Gasteiger partial charge in [0.1, 0.15) is 23.5 Å². The first-order valence-corrected chi connectivity index (χ1v) is 10.2. The van der Waals surface area contributed by atoms with Gasteiger partial charge < -0.3 is 9.64 Å². The summed E-state index contributed by atoms with van der Waals surface area (Å²) in [7, 11) is 0. The van der Waals surface area contributed by atoms with Crippen LogP contribution < -0.4 is 4.74 Å². The van der Waals surface area contributed by atoms with Crippen LogP contribution in [-0.4, -0.2) is 23.1 Å². The van der Waals surface area contributed by atoms with Crippen LogP contribution in [0.3, 0.4) is 0 Å². The highest BCUT2D eigenvalue weighted by Gasteiger charge is 2.31. The average Bonchev–Trinajstić information content (AvgIpc) is 3.23. The molecular formula is C23H20FNO2S. The minimum Gasteiger partial charge on any atom is -0.489 e. The molecule has 1 fully saturated rings. The molecule has 1 unspecified atom stereocenters. The number of rotatable bonds is 5. The zero-order chi connectivity index (χ0) is 19.3. The second kappa shape index (κ2) is 8.48. The lowest BCUT2D eigenvalue weighted by Crippen LogP contribution is -2.30. The molecule has 5 heteroatoms. The van der Waals surface area contributed by atoms with E-state index in [4.69, 9.17) is 4.74 Å². The zero-order valence-corrected chi connectivity index (χ0v) is 16.1. The summed E-state index contributed by atoms with van der Waals surface area (Å²) in [6.45, 7) is 1.17. The predicted octanol–water partition coefficient (Wildman–Crippen LogP) is 5.29. The van der Waals surface area contributed by atoms with Crippen LogP contribution in [0.1, 0.15) is 26.9 Å². The minimum absolute atomic E-state index is 0.0704. The van der Waals surface area contributed by atoms with E-state index >= 15 is 0 Å². The quantitative estimate of drug-likeness (QED) is 0.590. The van der Waals surface area contributed by atoms with Crippen LogP contribution in [0.4, 0.5) is 4.39 Å². The molecular weight excluding hydrogens is 373 g/mol. The Kier molecular flexibility index (Phi) is 5.63. The lowest BCUT2D eigenvalue weighted by molar-refractivity contribution is 0.0760. The fourth-order valence-electron chi connectivity index (χ4n) is 3.21. The van der Waals surface area contributed by atoms with Crippen molar-refractivity contribution in [1.29, 1.82) is 0 Å². The van der Waals surface area contributed by atoms with Crippen molar-refractivity contribution in [2.45, 2.75) is 12.0 Å². The second-order valence-electron chi connectivity index (χ2n) is 6.58. The molecule has 1 atom stereocenters. The van der Waals surface area contributed by atoms with Gasteiger partial charge in [0.2, 0.25) is 0 Å². The molecule has 3 aromatic carbocycles. The Balaban J connectivity index is 1.45. The number of halogens is 1. The Bertz CT molecular complexity index is 946. The fraction of sp³-hybridized carbons (Fsp3) is 0.174. The standard InChI is InChI=1S/C23H20FNO2S/c24-20-8-4-7-19(15-20)22(26)25-13-14-28-23(25)18-9-11-21(12-10-18)27-16-17-5-2-1-3-6-17/h1-12,15,23H,13-14,16H2. The minimum atomic E-state index is -0.394. The maximum atomic E-state index is 13.5. The monoisotopic (exact) mass is 393 g/mol. The molecule has 3 aromatic rings. The van der Waals surface area contributed by atoms with Gasteiger partial charge in [-0.15, -0.1) is 11.8 Å². The molecule has 1 amide bonds. The largest absolute Gasteiger partial charge is 0.489 e. The van der Waals surface area contributed by atoms with Crippen molar-refractivity contribution < 1.29 is 13.9 Å². The van der Waals surface area contributed by atoms with E-state index in [-0.39, 0.29) is 11.3 Å². The SMILES string of the molecule is O=C(c1cccc(F)c1)N1CCSC1c1ccc(OCc2ccccc2)cc1. The van der Waals surface area contributed by atoms with Gasteiger partial charge in [-0.05, 0) is 41.5 Å². The zero-order valence-electron chi connectivity index (χ0n) is 15.3. The summed E-state index contributed by atoms with van der Waals surface area (Å²) in [5.41, 5.74) is 2.54. The molecule has 28 heavy (non-hydrogen) atoms. The van der Waals surface area contributed by atoms with Gasteiger partial charge in [-0.3, -0.25) is 4.79 Å². The van der Waals surface area contributed by atoms with Gasteiger partial charge in [-0.1, -0.05) is 48.5 Å². The van der Waals surface area contributed by atoms with E-state index in [2.05, 4.69) is 0 Å². The van der Waals surface area contributed by atoms with Crippen molar-refractivity contribution in [3.8, 4) is 5.75 Å². The Morgan fingerprint density at radius 3 is 2.57 bits per heavy atom. The van der Waals surface area contributed by atoms with Gasteiger partial charge in [0.05, 0.1) is 0 Å². The van der Waals surface area contributed by atoms with E-state index in [0.29, 0.717) is 18.7 Å². The predicted molar refractivity (Wildman–Crippen MR) is 110 cm³/mol. The van der Waals surface area contributed by atoms with E-state index < -0.39 is 5.82 Å². The molecule has 1 aliphatic heterocycles. The van der Waals surface area contributed by atoms with Crippen LogP contribution in [0.5, 0.6) is 5.75 Å². The Morgan fingerprint density at radius 2 is 1.82 bits per heavy atom. The average molecular weight is 393 g/mol. The van der Waals surface area contributed by atoms with Gasteiger partial charge in [-0.2, -0.15) is 0 Å². The normalized spacial score (nSPS) is 16.2. The maximum absolute atomic E-state index is 13.5. The molecule has 1 heterocycles. The molecule has 0 N–H and O–H groups in total. The number of amides is 1. The van der Waals surface area contributed by atoms with Crippen molar-refractivity contribution in [1.82, 2.24) is 4.90 Å². The molecule has 0 bridgehead atoms. The van der Waals surface area contributed by atoms with Gasteiger partial charge in [0.25, 0.3) is 5.91 Å². The molecule has 0 aromatic heterocycles. The first kappa shape index (κ1) is 18.6. The second-order valence-corrected chi connectivity index (χ2v) is 7.76. The van der Waals surface area contributed by atoms with Crippen LogP contribution in [0, 0.1) is 5.82 Å². The molecule has 4 rings (SSSR count). The Morgan fingerprint density at radius 1 is 1.04 bits per heavy atom. The summed E-state index contributed by atoms with van der Waals surface area (Å²) in [6, 6.07) is 23.7. The summed E-state index contributed by atoms with van der Waals surface area (Å²) in [6.07, 6.45) is 0. The molecule has 0 saturated carbocycles. The van der Waals surface area contributed by atoms with Crippen molar-refractivity contribution in [3.05, 3.63) is 101 Å². The number of ether oxygens (including phenoxy) is 1. The highest BCUT2D eigenvalue weighted by Crippen LogP contribution is 2.39. The van der Waals surface area contributed by atoms with Crippen LogP contribution in [0.25, 0.3) is 0 Å². The third kappa shape index (κ3) is 4.20. The van der Waals surface area contributed by atoms with E-state index in [1.165, 1.54) is 12.1 Å². The summed E-state index contributed by atoms with van der Waals surface area (Å²) in [4.78, 5) is 14.6. The number of hydrogen-bond acceptors (Lipinski definition) is 3. The molecule has 1 aliphatic rings. The number of carbonyl (C=O) groups is 1. The van der Waals surface area contributed by atoms with Crippen molar-refractivity contribution >= 4 is 17.7 Å². The smallest absolute Gasteiger partial charge is 0.255 e. The van der Waals surface area contributed by atoms with E-state index in [9.17, 15) is 9.18 Å². The molecule has 142 valence electrons. The van der Waals surface area contributed by atoms with Crippen molar-refractivity contribution in [2.24, 2.45) is 0 Å². The number of carbonyl (C=O) groups excluding carboxylic acids is 1. The molecule has 0 aliphatic carbocycles. The summed E-state index contributed by atoms with van der Waals surface area (Å²) in [5.74, 6) is 1.12. The van der Waals surface area contributed by atoms with Gasteiger partial charge in [-0.25, -0.2) is 4.39 Å². The third-order valence-corrected chi connectivity index (χ3v) is 5.90. The van der Waals surface area contributed by atoms with Gasteiger partial charge in [0.15, 0.2) is 0 Å². The van der Waals surface area contributed by atoms with Crippen LogP contribution in [0.2, 0.25) is 0 Å². The fourth-order valence-corrected chi connectivity index (χ4v) is 4.47.